The summed E-state index contributed by atoms with van der Waals surface area (Å²) in [6.45, 7) is 12.9. The molecule has 11 heteroatoms. The van der Waals surface area contributed by atoms with Gasteiger partial charge in [0.05, 0.1) is 24.5 Å². The van der Waals surface area contributed by atoms with E-state index < -0.39 is 10.0 Å². The number of anilines is 1. The zero-order chi connectivity index (χ0) is 29.3. The number of sulfonamides is 1. The molecule has 5 rings (SSSR count). The third-order valence-electron chi connectivity index (χ3n) is 7.09. The lowest BCUT2D eigenvalue weighted by Gasteiger charge is -2.16. The summed E-state index contributed by atoms with van der Waals surface area (Å²) in [5.41, 5.74) is 7.89. The molecule has 0 saturated heterocycles. The van der Waals surface area contributed by atoms with E-state index in [0.717, 1.165) is 45.8 Å². The quantitative estimate of drug-likeness (QED) is 0.226. The average Bonchev–Trinajstić information content (AvgIpc) is 3.46. The molecule has 0 atom stereocenters. The number of hydrogen-bond acceptors (Lipinski definition) is 8. The minimum atomic E-state index is -4.04. The third kappa shape index (κ3) is 5.59. The fourth-order valence-electron chi connectivity index (χ4n) is 4.87. The van der Waals surface area contributed by atoms with Gasteiger partial charge in [-0.1, -0.05) is 30.3 Å². The zero-order valence-corrected chi connectivity index (χ0v) is 25.0. The summed E-state index contributed by atoms with van der Waals surface area (Å²) in [7, 11) is -4.04. The molecular weight excluding hydrogens is 540 g/mol. The number of aryl methyl sites for hydroxylation is 4. The summed E-state index contributed by atoms with van der Waals surface area (Å²) >= 11 is 0. The van der Waals surface area contributed by atoms with Crippen LogP contribution < -0.4 is 4.72 Å². The van der Waals surface area contributed by atoms with E-state index in [1.54, 1.807) is 26.1 Å². The van der Waals surface area contributed by atoms with Crippen LogP contribution in [0.1, 0.15) is 53.3 Å². The SMILES string of the molecule is CCOCc1cc(Cn2c(CC)nc3c(C)cc(C)nc32)ccc1-c1ncccc1S(=O)(=O)Nc1onc(C)c1C. The third-order valence-corrected chi connectivity index (χ3v) is 8.45. The minimum absolute atomic E-state index is 0.0305. The van der Waals surface area contributed by atoms with Crippen LogP contribution in [0.25, 0.3) is 22.4 Å². The number of hydrogen-bond donors (Lipinski definition) is 1. The molecule has 0 spiro atoms. The summed E-state index contributed by atoms with van der Waals surface area (Å²) in [5, 5.41) is 3.86. The van der Waals surface area contributed by atoms with Crippen LogP contribution in [-0.2, 0) is 34.3 Å². The topological polar surface area (TPSA) is 125 Å². The van der Waals surface area contributed by atoms with Crippen molar-refractivity contribution < 1.29 is 17.7 Å². The summed E-state index contributed by atoms with van der Waals surface area (Å²) in [5.74, 6) is 1.04. The molecular formula is C30H34N6O4S. The summed E-state index contributed by atoms with van der Waals surface area (Å²) in [6, 6.07) is 11.1. The van der Waals surface area contributed by atoms with Crippen molar-refractivity contribution in [3.63, 3.8) is 0 Å². The van der Waals surface area contributed by atoms with Crippen LogP contribution in [0.15, 0.2) is 52.0 Å². The minimum Gasteiger partial charge on any atom is -0.377 e. The van der Waals surface area contributed by atoms with Gasteiger partial charge in [-0.3, -0.25) is 4.98 Å². The van der Waals surface area contributed by atoms with Gasteiger partial charge in [-0.05, 0) is 69.5 Å². The van der Waals surface area contributed by atoms with Crippen molar-refractivity contribution in [1.29, 1.82) is 0 Å². The van der Waals surface area contributed by atoms with Gasteiger partial charge in [0.2, 0.25) is 5.88 Å². The van der Waals surface area contributed by atoms with Crippen LogP contribution in [0.5, 0.6) is 0 Å². The van der Waals surface area contributed by atoms with Crippen LogP contribution >= 0.6 is 0 Å². The molecule has 41 heavy (non-hydrogen) atoms. The lowest BCUT2D eigenvalue weighted by Crippen LogP contribution is -2.15. The lowest BCUT2D eigenvalue weighted by molar-refractivity contribution is 0.134. The van der Waals surface area contributed by atoms with Crippen LogP contribution in [-0.4, -0.2) is 39.7 Å². The fraction of sp³-hybridized carbons (Fsp3) is 0.333. The predicted octanol–water partition coefficient (Wildman–Crippen LogP) is 5.66. The number of pyridine rings is 2. The first-order chi connectivity index (χ1) is 19.6. The Morgan fingerprint density at radius 2 is 1.85 bits per heavy atom. The van der Waals surface area contributed by atoms with Crippen LogP contribution in [0.2, 0.25) is 0 Å². The number of benzene rings is 1. The molecule has 0 saturated carbocycles. The van der Waals surface area contributed by atoms with E-state index in [0.29, 0.717) is 42.3 Å². The Labute approximate surface area is 239 Å². The van der Waals surface area contributed by atoms with Crippen LogP contribution in [0.4, 0.5) is 5.88 Å². The standard InChI is InChI=1S/C30H34N6O4S/c1-7-26-33-27-18(3)14-19(4)32-29(27)36(26)16-22-11-12-24(23(15-22)17-39-8-2)28-25(10-9-13-31-28)41(37,38)35-30-20(5)21(6)34-40-30/h9-15,35H,7-8,16-17H2,1-6H3. The number of aromatic nitrogens is 5. The molecule has 0 aliphatic carbocycles. The first-order valence-electron chi connectivity index (χ1n) is 13.6. The highest BCUT2D eigenvalue weighted by molar-refractivity contribution is 7.92. The van der Waals surface area contributed by atoms with Gasteiger partial charge in [0, 0.05) is 36.0 Å². The maximum absolute atomic E-state index is 13.5. The fourth-order valence-corrected chi connectivity index (χ4v) is 6.09. The monoisotopic (exact) mass is 574 g/mol. The second-order valence-electron chi connectivity index (χ2n) is 10.0. The zero-order valence-electron chi connectivity index (χ0n) is 24.1. The Balaban J connectivity index is 1.57. The summed E-state index contributed by atoms with van der Waals surface area (Å²) in [6.07, 6.45) is 2.35. The van der Waals surface area contributed by atoms with E-state index >= 15 is 0 Å². The largest absolute Gasteiger partial charge is 0.377 e. The Morgan fingerprint density at radius 1 is 1.05 bits per heavy atom. The first-order valence-corrected chi connectivity index (χ1v) is 15.0. The maximum Gasteiger partial charge on any atom is 0.266 e. The van der Waals surface area contributed by atoms with E-state index in [2.05, 4.69) is 33.3 Å². The second kappa shape index (κ2) is 11.4. The van der Waals surface area contributed by atoms with E-state index in [9.17, 15) is 8.42 Å². The molecule has 5 aromatic rings. The number of rotatable bonds is 10. The van der Waals surface area contributed by atoms with E-state index in [1.807, 2.05) is 38.1 Å². The highest BCUT2D eigenvalue weighted by Gasteiger charge is 2.25. The molecule has 0 aliphatic rings. The van der Waals surface area contributed by atoms with E-state index in [-0.39, 0.29) is 10.8 Å². The van der Waals surface area contributed by atoms with Crippen molar-refractivity contribution in [1.82, 2.24) is 24.7 Å². The van der Waals surface area contributed by atoms with Gasteiger partial charge in [0.25, 0.3) is 10.0 Å². The number of fused-ring (bicyclic) bond motifs is 1. The van der Waals surface area contributed by atoms with Gasteiger partial charge in [-0.25, -0.2) is 23.1 Å². The summed E-state index contributed by atoms with van der Waals surface area (Å²) in [4.78, 5) is 14.2. The number of ether oxygens (including phenoxy) is 1. The van der Waals surface area contributed by atoms with Crippen molar-refractivity contribution in [3.8, 4) is 11.3 Å². The van der Waals surface area contributed by atoms with Crippen molar-refractivity contribution in [2.45, 2.75) is 66.0 Å². The number of nitrogens with zero attached hydrogens (tertiary/aromatic N) is 5. The van der Waals surface area contributed by atoms with E-state index in [4.69, 9.17) is 19.2 Å². The smallest absolute Gasteiger partial charge is 0.266 e. The molecule has 4 heterocycles. The predicted molar refractivity (Wildman–Crippen MR) is 157 cm³/mol. The van der Waals surface area contributed by atoms with Crippen LogP contribution in [0.3, 0.4) is 0 Å². The molecule has 1 N–H and O–H groups in total. The van der Waals surface area contributed by atoms with Gasteiger partial charge < -0.3 is 13.8 Å². The number of nitrogens with one attached hydrogen (secondary N) is 1. The Kier molecular flexibility index (Phi) is 7.92. The Bertz CT molecular complexity index is 1840. The van der Waals surface area contributed by atoms with Crippen molar-refractivity contribution >= 4 is 27.1 Å². The van der Waals surface area contributed by atoms with Gasteiger partial charge >= 0.3 is 0 Å². The maximum atomic E-state index is 13.5. The van der Waals surface area contributed by atoms with Crippen LogP contribution in [0, 0.1) is 27.7 Å². The average molecular weight is 575 g/mol. The Morgan fingerprint density at radius 3 is 2.56 bits per heavy atom. The molecule has 0 aliphatic heterocycles. The van der Waals surface area contributed by atoms with Crippen molar-refractivity contribution in [2.75, 3.05) is 11.3 Å². The normalized spacial score (nSPS) is 11.9. The molecule has 10 nitrogen and oxygen atoms in total. The molecule has 0 bridgehead atoms. The van der Waals surface area contributed by atoms with Gasteiger partial charge in [-0.15, -0.1) is 0 Å². The molecule has 0 radical (unpaired) electrons. The van der Waals surface area contributed by atoms with Crippen molar-refractivity contribution in [3.05, 3.63) is 82.1 Å². The molecule has 0 unspecified atom stereocenters. The summed E-state index contributed by atoms with van der Waals surface area (Å²) < 4.78 is 42.8. The van der Waals surface area contributed by atoms with Gasteiger partial charge in [0.1, 0.15) is 16.2 Å². The molecule has 0 amide bonds. The molecule has 4 aromatic heterocycles. The second-order valence-corrected chi connectivity index (χ2v) is 11.7. The van der Waals surface area contributed by atoms with Gasteiger partial charge in [-0.2, -0.15) is 0 Å². The van der Waals surface area contributed by atoms with E-state index in [1.165, 1.54) is 6.07 Å². The lowest BCUT2D eigenvalue weighted by atomic mass is 10.0. The van der Waals surface area contributed by atoms with Gasteiger partial charge in [0.15, 0.2) is 5.65 Å². The molecule has 214 valence electrons. The highest BCUT2D eigenvalue weighted by atomic mass is 32.2. The van der Waals surface area contributed by atoms with Crippen molar-refractivity contribution in [2.24, 2.45) is 0 Å². The number of imidazole rings is 1. The first kappa shape index (κ1) is 28.4. The Hall–Kier alpha value is -4.09. The molecule has 1 aromatic carbocycles. The highest BCUT2D eigenvalue weighted by Crippen LogP contribution is 2.32. The molecule has 0 fully saturated rings.